The average molecular weight is 195 g/mol. The molecular weight excluding hydrogens is 182 g/mol. The van der Waals surface area contributed by atoms with Crippen molar-refractivity contribution >= 4 is 12.3 Å². The summed E-state index contributed by atoms with van der Waals surface area (Å²) < 4.78 is 1.55. The number of hydrogen-bond acceptors (Lipinski definition) is 2. The van der Waals surface area contributed by atoms with Crippen LogP contribution in [-0.4, -0.2) is 21.9 Å². The van der Waals surface area contributed by atoms with E-state index in [0.717, 1.165) is 0 Å². The topological polar surface area (TPSA) is 59.3 Å². The zero-order valence-electron chi connectivity index (χ0n) is 8.44. The van der Waals surface area contributed by atoms with Gasteiger partial charge in [0.2, 0.25) is 0 Å². The van der Waals surface area contributed by atoms with Crippen molar-refractivity contribution in [1.29, 1.82) is 0 Å². The third-order valence-electron chi connectivity index (χ3n) is 2.19. The number of hydrogen-bond donors (Lipinski definition) is 1. The highest BCUT2D eigenvalue weighted by Gasteiger charge is 2.20. The molecule has 1 aromatic rings. The Morgan fingerprint density at radius 2 is 2.14 bits per heavy atom. The molecule has 0 spiro atoms. The monoisotopic (exact) mass is 195 g/mol. The predicted octanol–water partition coefficient (Wildman–Crippen LogP) is 1.66. The summed E-state index contributed by atoms with van der Waals surface area (Å²) in [5.74, 6) is -0.958. The van der Waals surface area contributed by atoms with Gasteiger partial charge in [0.25, 0.3) is 0 Å². The second-order valence-electron chi connectivity index (χ2n) is 3.53. The smallest absolute Gasteiger partial charge is 0.337 e. The second kappa shape index (κ2) is 3.65. The Bertz CT molecular complexity index is 377. The van der Waals surface area contributed by atoms with Gasteiger partial charge in [-0.15, -0.1) is 0 Å². The molecule has 0 saturated heterocycles. The molecule has 0 aliphatic heterocycles. The number of nitrogens with zero attached hydrogens (tertiary/aromatic N) is 1. The SMILES string of the molecule is CC(C)c1c(C(=O)O)cn(C)c1C=O. The quantitative estimate of drug-likeness (QED) is 0.746. The van der Waals surface area contributed by atoms with Crippen LogP contribution >= 0.6 is 0 Å². The van der Waals surface area contributed by atoms with Gasteiger partial charge in [0.05, 0.1) is 11.3 Å². The lowest BCUT2D eigenvalue weighted by Gasteiger charge is -2.05. The fraction of sp³-hybridized carbons (Fsp3) is 0.400. The van der Waals surface area contributed by atoms with E-state index in [2.05, 4.69) is 0 Å². The average Bonchev–Trinajstić information content (AvgIpc) is 2.42. The molecule has 0 aliphatic rings. The molecule has 1 rings (SSSR count). The standard InChI is InChI=1S/C10H13NO3/c1-6(2)9-7(10(13)14)4-11(3)8(9)5-12/h4-6H,1-3H3,(H,13,14). The highest BCUT2D eigenvalue weighted by Crippen LogP contribution is 2.24. The van der Waals surface area contributed by atoms with Crippen molar-refractivity contribution in [3.05, 3.63) is 23.0 Å². The van der Waals surface area contributed by atoms with Gasteiger partial charge < -0.3 is 9.67 Å². The Labute approximate surface area is 82.2 Å². The van der Waals surface area contributed by atoms with Crippen LogP contribution < -0.4 is 0 Å². The molecule has 0 aromatic carbocycles. The van der Waals surface area contributed by atoms with E-state index in [4.69, 9.17) is 5.11 Å². The fourth-order valence-corrected chi connectivity index (χ4v) is 1.58. The first-order chi connectivity index (χ1) is 6.49. The maximum Gasteiger partial charge on any atom is 0.337 e. The first kappa shape index (κ1) is 10.5. The number of carboxylic acid groups (broad SMARTS) is 1. The molecule has 1 heterocycles. The Balaban J connectivity index is 3.45. The highest BCUT2D eigenvalue weighted by molar-refractivity contribution is 5.93. The van der Waals surface area contributed by atoms with Crippen molar-refractivity contribution in [1.82, 2.24) is 4.57 Å². The summed E-state index contributed by atoms with van der Waals surface area (Å²) in [4.78, 5) is 21.7. The van der Waals surface area contributed by atoms with E-state index in [1.165, 1.54) is 6.20 Å². The summed E-state index contributed by atoms with van der Waals surface area (Å²) in [6, 6.07) is 0. The third kappa shape index (κ3) is 1.55. The number of rotatable bonds is 3. The zero-order chi connectivity index (χ0) is 10.9. The van der Waals surface area contributed by atoms with E-state index in [-0.39, 0.29) is 11.5 Å². The van der Waals surface area contributed by atoms with Crippen LogP contribution in [-0.2, 0) is 7.05 Å². The Morgan fingerprint density at radius 1 is 1.57 bits per heavy atom. The summed E-state index contributed by atoms with van der Waals surface area (Å²) >= 11 is 0. The van der Waals surface area contributed by atoms with Crippen LogP contribution in [0.3, 0.4) is 0 Å². The third-order valence-corrected chi connectivity index (χ3v) is 2.19. The zero-order valence-corrected chi connectivity index (χ0v) is 8.44. The van der Waals surface area contributed by atoms with Crippen molar-refractivity contribution in [2.75, 3.05) is 0 Å². The largest absolute Gasteiger partial charge is 0.478 e. The summed E-state index contributed by atoms with van der Waals surface area (Å²) in [5.41, 5.74) is 1.26. The molecular formula is C10H13NO3. The number of aromatic carboxylic acids is 1. The molecule has 4 heteroatoms. The van der Waals surface area contributed by atoms with E-state index in [1.807, 2.05) is 13.8 Å². The Kier molecular flexibility index (Phi) is 2.74. The minimum absolute atomic E-state index is 0.0301. The molecule has 0 bridgehead atoms. The minimum Gasteiger partial charge on any atom is -0.478 e. The molecule has 0 aliphatic carbocycles. The van der Waals surface area contributed by atoms with Crippen molar-refractivity contribution in [2.24, 2.45) is 7.05 Å². The van der Waals surface area contributed by atoms with Crippen LogP contribution in [0.4, 0.5) is 0 Å². The molecule has 0 fully saturated rings. The van der Waals surface area contributed by atoms with Gasteiger partial charge in [0, 0.05) is 13.2 Å². The van der Waals surface area contributed by atoms with Gasteiger partial charge in [-0.05, 0) is 11.5 Å². The van der Waals surface area contributed by atoms with Gasteiger partial charge in [0.15, 0.2) is 6.29 Å². The molecule has 0 unspecified atom stereocenters. The number of carboxylic acids is 1. The lowest BCUT2D eigenvalue weighted by molar-refractivity contribution is 0.0695. The summed E-state index contributed by atoms with van der Waals surface area (Å²) in [6.07, 6.45) is 2.17. The molecule has 1 aromatic heterocycles. The molecule has 0 atom stereocenters. The van der Waals surface area contributed by atoms with Gasteiger partial charge in [-0.3, -0.25) is 4.79 Å². The van der Waals surface area contributed by atoms with Gasteiger partial charge in [-0.2, -0.15) is 0 Å². The molecule has 14 heavy (non-hydrogen) atoms. The fourth-order valence-electron chi connectivity index (χ4n) is 1.58. The van der Waals surface area contributed by atoms with E-state index in [1.54, 1.807) is 11.6 Å². The highest BCUT2D eigenvalue weighted by atomic mass is 16.4. The molecule has 0 saturated carbocycles. The van der Waals surface area contributed by atoms with E-state index in [9.17, 15) is 9.59 Å². The molecule has 76 valence electrons. The number of aldehydes is 1. The Morgan fingerprint density at radius 3 is 2.50 bits per heavy atom. The maximum atomic E-state index is 10.9. The van der Waals surface area contributed by atoms with Gasteiger partial charge in [-0.25, -0.2) is 4.79 Å². The molecule has 1 N–H and O–H groups in total. The number of carbonyl (C=O) groups excluding carboxylic acids is 1. The van der Waals surface area contributed by atoms with E-state index >= 15 is 0 Å². The van der Waals surface area contributed by atoms with Crippen LogP contribution in [0.1, 0.15) is 46.2 Å². The first-order valence-corrected chi connectivity index (χ1v) is 4.36. The van der Waals surface area contributed by atoms with Gasteiger partial charge in [-0.1, -0.05) is 13.8 Å². The second-order valence-corrected chi connectivity index (χ2v) is 3.53. The number of carbonyl (C=O) groups is 2. The summed E-state index contributed by atoms with van der Waals surface area (Å²) in [6.45, 7) is 3.74. The molecule has 0 radical (unpaired) electrons. The van der Waals surface area contributed by atoms with Crippen molar-refractivity contribution in [3.8, 4) is 0 Å². The number of aryl methyl sites for hydroxylation is 1. The van der Waals surface area contributed by atoms with Crippen molar-refractivity contribution in [3.63, 3.8) is 0 Å². The van der Waals surface area contributed by atoms with Crippen LogP contribution in [0, 0.1) is 0 Å². The van der Waals surface area contributed by atoms with Crippen LogP contribution in [0.2, 0.25) is 0 Å². The van der Waals surface area contributed by atoms with Gasteiger partial charge in [0.1, 0.15) is 0 Å². The first-order valence-electron chi connectivity index (χ1n) is 4.36. The number of aromatic nitrogens is 1. The summed E-state index contributed by atoms with van der Waals surface area (Å²) in [7, 11) is 1.67. The predicted molar refractivity (Wildman–Crippen MR) is 51.8 cm³/mol. The summed E-state index contributed by atoms with van der Waals surface area (Å²) in [5, 5.41) is 8.92. The van der Waals surface area contributed by atoms with E-state index in [0.29, 0.717) is 17.5 Å². The lowest BCUT2D eigenvalue weighted by Crippen LogP contribution is -2.02. The molecule has 4 nitrogen and oxygen atoms in total. The van der Waals surface area contributed by atoms with Crippen LogP contribution in [0.25, 0.3) is 0 Å². The van der Waals surface area contributed by atoms with E-state index < -0.39 is 5.97 Å². The molecule has 0 amide bonds. The van der Waals surface area contributed by atoms with Crippen LogP contribution in [0.15, 0.2) is 6.20 Å². The Hall–Kier alpha value is -1.58. The minimum atomic E-state index is -0.989. The lowest BCUT2D eigenvalue weighted by atomic mass is 9.99. The van der Waals surface area contributed by atoms with Crippen molar-refractivity contribution in [2.45, 2.75) is 19.8 Å². The van der Waals surface area contributed by atoms with Crippen molar-refractivity contribution < 1.29 is 14.7 Å². The van der Waals surface area contributed by atoms with Gasteiger partial charge >= 0.3 is 5.97 Å². The normalized spacial score (nSPS) is 10.6. The maximum absolute atomic E-state index is 10.9. The van der Waals surface area contributed by atoms with Crippen LogP contribution in [0.5, 0.6) is 0 Å².